The number of likely N-dealkylation sites (tertiary alicyclic amines) is 1. The first-order chi connectivity index (χ1) is 13.5. The summed E-state index contributed by atoms with van der Waals surface area (Å²) in [6.45, 7) is 7.11. The van der Waals surface area contributed by atoms with Crippen LogP contribution in [-0.4, -0.2) is 49.1 Å². The van der Waals surface area contributed by atoms with Gasteiger partial charge in [-0.05, 0) is 81.5 Å². The third kappa shape index (κ3) is 4.10. The van der Waals surface area contributed by atoms with Crippen LogP contribution in [0.1, 0.15) is 71.6 Å². The van der Waals surface area contributed by atoms with Crippen LogP contribution >= 0.6 is 0 Å². The maximum Gasteiger partial charge on any atom is 0.242 e. The number of ether oxygens (including phenoxy) is 1. The van der Waals surface area contributed by atoms with Gasteiger partial charge in [0.15, 0.2) is 0 Å². The number of hydrogen-bond acceptors (Lipinski definition) is 3. The summed E-state index contributed by atoms with van der Waals surface area (Å²) >= 11 is 0. The standard InChI is InChI=1S/C23H38N2O3/c1-16(2)15-28-8-4-6-24-21(26)20-5-3-7-25(20)22(27)23-12-17-9-18(13-23)11-19(10-17)14-23/h16-20H,3-15H2,1-2H3,(H,24,26). The molecule has 4 aliphatic carbocycles. The summed E-state index contributed by atoms with van der Waals surface area (Å²) in [6.07, 6.45) is 9.86. The second kappa shape index (κ2) is 8.33. The molecule has 5 fully saturated rings. The van der Waals surface area contributed by atoms with E-state index in [1.807, 2.05) is 4.90 Å². The molecule has 1 saturated heterocycles. The molecule has 1 unspecified atom stereocenters. The van der Waals surface area contributed by atoms with E-state index in [1.54, 1.807) is 0 Å². The summed E-state index contributed by atoms with van der Waals surface area (Å²) in [5.41, 5.74) is -0.137. The van der Waals surface area contributed by atoms with Gasteiger partial charge in [-0.15, -0.1) is 0 Å². The topological polar surface area (TPSA) is 58.6 Å². The molecule has 1 aliphatic heterocycles. The minimum Gasteiger partial charge on any atom is -0.381 e. The van der Waals surface area contributed by atoms with E-state index in [2.05, 4.69) is 19.2 Å². The average Bonchev–Trinajstić information content (AvgIpc) is 3.12. The summed E-state index contributed by atoms with van der Waals surface area (Å²) in [5.74, 6) is 3.17. The number of nitrogens with zero attached hydrogens (tertiary/aromatic N) is 1. The molecule has 5 heteroatoms. The lowest BCUT2D eigenvalue weighted by Gasteiger charge is -2.56. The maximum absolute atomic E-state index is 13.6. The van der Waals surface area contributed by atoms with Crippen LogP contribution < -0.4 is 5.32 Å². The van der Waals surface area contributed by atoms with Gasteiger partial charge in [0.2, 0.25) is 11.8 Å². The molecule has 0 aromatic carbocycles. The van der Waals surface area contributed by atoms with Crippen molar-refractivity contribution < 1.29 is 14.3 Å². The van der Waals surface area contributed by atoms with Crippen LogP contribution in [0.25, 0.3) is 0 Å². The third-order valence-electron chi connectivity index (χ3n) is 7.52. The SMILES string of the molecule is CC(C)COCCCNC(=O)C1CCCN1C(=O)C12CC3CC(CC(C3)C1)C2. The minimum atomic E-state index is -0.253. The highest BCUT2D eigenvalue weighted by Gasteiger charge is 2.56. The predicted octanol–water partition coefficient (Wildman–Crippen LogP) is 3.37. The number of carbonyl (C=O) groups is 2. The number of rotatable bonds is 8. The molecule has 4 bridgehead atoms. The Morgan fingerprint density at radius 3 is 2.36 bits per heavy atom. The van der Waals surface area contributed by atoms with Gasteiger partial charge in [0.05, 0.1) is 5.41 Å². The maximum atomic E-state index is 13.6. The predicted molar refractivity (Wildman–Crippen MR) is 109 cm³/mol. The molecule has 0 aromatic rings. The van der Waals surface area contributed by atoms with Crippen LogP contribution in [0.3, 0.4) is 0 Å². The fraction of sp³-hybridized carbons (Fsp3) is 0.913. The lowest BCUT2D eigenvalue weighted by atomic mass is 9.49. The van der Waals surface area contributed by atoms with E-state index in [0.29, 0.717) is 25.0 Å². The normalized spacial score (nSPS) is 36.3. The van der Waals surface area contributed by atoms with E-state index in [0.717, 1.165) is 69.4 Å². The summed E-state index contributed by atoms with van der Waals surface area (Å²) < 4.78 is 5.58. The zero-order valence-corrected chi connectivity index (χ0v) is 17.8. The third-order valence-corrected chi connectivity index (χ3v) is 7.52. The van der Waals surface area contributed by atoms with Crippen LogP contribution in [0.15, 0.2) is 0 Å². The quantitative estimate of drug-likeness (QED) is 0.647. The van der Waals surface area contributed by atoms with Gasteiger partial charge in [0, 0.05) is 26.3 Å². The summed E-state index contributed by atoms with van der Waals surface area (Å²) in [4.78, 5) is 28.4. The zero-order chi connectivity index (χ0) is 19.7. The van der Waals surface area contributed by atoms with Crippen LogP contribution in [0.2, 0.25) is 0 Å². The molecule has 5 aliphatic rings. The molecule has 0 spiro atoms. The van der Waals surface area contributed by atoms with Gasteiger partial charge < -0.3 is 15.0 Å². The van der Waals surface area contributed by atoms with E-state index in [9.17, 15) is 9.59 Å². The Balaban J connectivity index is 1.30. The van der Waals surface area contributed by atoms with Gasteiger partial charge in [-0.2, -0.15) is 0 Å². The van der Waals surface area contributed by atoms with Crippen molar-refractivity contribution in [3.05, 3.63) is 0 Å². The molecule has 158 valence electrons. The summed E-state index contributed by atoms with van der Waals surface area (Å²) in [5, 5.41) is 3.06. The van der Waals surface area contributed by atoms with Crippen LogP contribution in [0.4, 0.5) is 0 Å². The first-order valence-corrected chi connectivity index (χ1v) is 11.6. The molecular weight excluding hydrogens is 352 g/mol. The fourth-order valence-electron chi connectivity index (χ4n) is 6.78. The van der Waals surface area contributed by atoms with Gasteiger partial charge >= 0.3 is 0 Å². The van der Waals surface area contributed by atoms with E-state index >= 15 is 0 Å². The first-order valence-electron chi connectivity index (χ1n) is 11.6. The van der Waals surface area contributed by atoms with Crippen molar-refractivity contribution in [3.8, 4) is 0 Å². The van der Waals surface area contributed by atoms with Crippen LogP contribution in [-0.2, 0) is 14.3 Å². The Morgan fingerprint density at radius 1 is 1.11 bits per heavy atom. The largest absolute Gasteiger partial charge is 0.381 e. The first kappa shape index (κ1) is 20.2. The number of carbonyl (C=O) groups excluding carboxylic acids is 2. The summed E-state index contributed by atoms with van der Waals surface area (Å²) in [6, 6.07) is -0.253. The molecular formula is C23H38N2O3. The average molecular weight is 391 g/mol. The molecule has 0 radical (unpaired) electrons. The van der Waals surface area contributed by atoms with Gasteiger partial charge in [0.1, 0.15) is 6.04 Å². The molecule has 2 amide bonds. The Hall–Kier alpha value is -1.10. The van der Waals surface area contributed by atoms with Gasteiger partial charge in [-0.1, -0.05) is 13.8 Å². The Kier molecular flexibility index (Phi) is 6.01. The van der Waals surface area contributed by atoms with E-state index in [1.165, 1.54) is 19.3 Å². The summed E-state index contributed by atoms with van der Waals surface area (Å²) in [7, 11) is 0. The molecule has 1 atom stereocenters. The van der Waals surface area contributed by atoms with Crippen molar-refractivity contribution in [3.63, 3.8) is 0 Å². The van der Waals surface area contributed by atoms with Crippen molar-refractivity contribution in [2.45, 2.75) is 77.7 Å². The lowest BCUT2D eigenvalue weighted by Crippen LogP contribution is -2.57. The number of hydrogen-bond donors (Lipinski definition) is 1. The molecule has 5 rings (SSSR count). The Morgan fingerprint density at radius 2 is 1.75 bits per heavy atom. The Bertz CT molecular complexity index is 553. The van der Waals surface area contributed by atoms with Crippen molar-refractivity contribution in [1.29, 1.82) is 0 Å². The molecule has 4 saturated carbocycles. The molecule has 5 nitrogen and oxygen atoms in total. The van der Waals surface area contributed by atoms with Crippen LogP contribution in [0.5, 0.6) is 0 Å². The molecule has 28 heavy (non-hydrogen) atoms. The van der Waals surface area contributed by atoms with Gasteiger partial charge in [-0.3, -0.25) is 9.59 Å². The highest BCUT2D eigenvalue weighted by atomic mass is 16.5. The second-order valence-corrected chi connectivity index (χ2v) is 10.5. The van der Waals surface area contributed by atoms with Crippen molar-refractivity contribution in [2.75, 3.05) is 26.3 Å². The molecule has 1 N–H and O–H groups in total. The molecule has 0 aromatic heterocycles. The second-order valence-electron chi connectivity index (χ2n) is 10.5. The van der Waals surface area contributed by atoms with Crippen LogP contribution in [0, 0.1) is 29.1 Å². The Labute approximate surface area is 169 Å². The monoisotopic (exact) mass is 390 g/mol. The van der Waals surface area contributed by atoms with Gasteiger partial charge in [-0.25, -0.2) is 0 Å². The smallest absolute Gasteiger partial charge is 0.242 e. The highest BCUT2D eigenvalue weighted by Crippen LogP contribution is 2.60. The highest BCUT2D eigenvalue weighted by molar-refractivity contribution is 5.91. The van der Waals surface area contributed by atoms with Gasteiger partial charge in [0.25, 0.3) is 0 Å². The zero-order valence-electron chi connectivity index (χ0n) is 17.8. The number of nitrogens with one attached hydrogen (secondary N) is 1. The van der Waals surface area contributed by atoms with E-state index in [4.69, 9.17) is 4.74 Å². The van der Waals surface area contributed by atoms with Crippen molar-refractivity contribution in [1.82, 2.24) is 10.2 Å². The minimum absolute atomic E-state index is 0.0411. The fourth-order valence-corrected chi connectivity index (χ4v) is 6.78. The van der Waals surface area contributed by atoms with Crippen molar-refractivity contribution >= 4 is 11.8 Å². The van der Waals surface area contributed by atoms with E-state index < -0.39 is 0 Å². The lowest BCUT2D eigenvalue weighted by molar-refractivity contribution is -0.160. The molecule has 1 heterocycles. The number of amides is 2. The van der Waals surface area contributed by atoms with E-state index in [-0.39, 0.29) is 17.4 Å². The van der Waals surface area contributed by atoms with Crippen molar-refractivity contribution in [2.24, 2.45) is 29.1 Å².